The Bertz CT molecular complexity index is 1620. The molecule has 2 N–H and O–H groups in total. The van der Waals surface area contributed by atoms with Gasteiger partial charge in [-0.05, 0) is 51.7 Å². The topological polar surface area (TPSA) is 132 Å². The lowest BCUT2D eigenvalue weighted by Gasteiger charge is -2.10. The summed E-state index contributed by atoms with van der Waals surface area (Å²) in [5, 5.41) is 23.9. The molecule has 5 rings (SSSR count). The number of tetrazole rings is 1. The minimum atomic E-state index is -1.15. The van der Waals surface area contributed by atoms with Crippen molar-refractivity contribution in [1.82, 2.24) is 34.7 Å². The maximum absolute atomic E-state index is 13.5. The number of imidazole rings is 1. The monoisotopic (exact) mass is 515 g/mol. The third-order valence-electron chi connectivity index (χ3n) is 6.05. The highest BCUT2D eigenvalue weighted by atomic mass is 35.5. The minimum absolute atomic E-state index is 0.0331. The number of hydrogen-bond acceptors (Lipinski definition) is 6. The van der Waals surface area contributed by atoms with Crippen LogP contribution in [0.15, 0.2) is 71.9 Å². The van der Waals surface area contributed by atoms with Crippen molar-refractivity contribution in [2.24, 2.45) is 0 Å². The third-order valence-corrected chi connectivity index (χ3v) is 6.36. The zero-order chi connectivity index (χ0) is 25.9. The number of nitrogens with zero attached hydrogens (tertiary/aromatic N) is 6. The molecule has 11 heteroatoms. The van der Waals surface area contributed by atoms with Crippen LogP contribution in [0.2, 0.25) is 5.02 Å². The van der Waals surface area contributed by atoms with Gasteiger partial charge in [0.05, 0.1) is 22.8 Å². The van der Waals surface area contributed by atoms with E-state index in [0.29, 0.717) is 18.8 Å². The van der Waals surface area contributed by atoms with Crippen molar-refractivity contribution in [3.63, 3.8) is 0 Å². The summed E-state index contributed by atoms with van der Waals surface area (Å²) in [5.41, 5.74) is 4.12. The maximum atomic E-state index is 13.5. The van der Waals surface area contributed by atoms with E-state index in [1.54, 1.807) is 35.3 Å². The van der Waals surface area contributed by atoms with E-state index in [0.717, 1.165) is 34.4 Å². The van der Waals surface area contributed by atoms with Crippen molar-refractivity contribution >= 4 is 17.6 Å². The molecule has 0 atom stereocenters. The molecule has 0 bridgehead atoms. The van der Waals surface area contributed by atoms with Crippen LogP contribution in [0.3, 0.4) is 0 Å². The number of H-pyrrole nitrogens is 1. The van der Waals surface area contributed by atoms with Crippen molar-refractivity contribution in [3.8, 4) is 28.2 Å². The number of hydrogen-bond donors (Lipinski definition) is 2. The lowest BCUT2D eigenvalue weighted by Crippen LogP contribution is -2.26. The van der Waals surface area contributed by atoms with E-state index in [1.807, 2.05) is 37.3 Å². The highest BCUT2D eigenvalue weighted by Gasteiger charge is 2.20. The van der Waals surface area contributed by atoms with Gasteiger partial charge in [0, 0.05) is 29.8 Å². The number of carbonyl (C=O) groups is 1. The Morgan fingerprint density at radius 2 is 1.92 bits per heavy atom. The minimum Gasteiger partial charge on any atom is -0.478 e. The second kappa shape index (κ2) is 10.2. The molecule has 0 amide bonds. The number of para-hydroxylation sites is 1. The summed E-state index contributed by atoms with van der Waals surface area (Å²) >= 11 is 6.35. The number of rotatable bonds is 8. The van der Waals surface area contributed by atoms with Crippen molar-refractivity contribution in [2.75, 3.05) is 0 Å². The largest absolute Gasteiger partial charge is 0.478 e. The molecular weight excluding hydrogens is 494 g/mol. The van der Waals surface area contributed by atoms with Gasteiger partial charge in [0.2, 0.25) is 0 Å². The van der Waals surface area contributed by atoms with Crippen molar-refractivity contribution in [2.45, 2.75) is 26.3 Å². The van der Waals surface area contributed by atoms with Gasteiger partial charge in [-0.2, -0.15) is 0 Å². The summed E-state index contributed by atoms with van der Waals surface area (Å²) in [5.74, 6) is -0.633. The fraction of sp³-hybridized carbons (Fsp3) is 0.154. The van der Waals surface area contributed by atoms with Crippen LogP contribution < -0.4 is 5.69 Å². The van der Waals surface area contributed by atoms with Crippen LogP contribution >= 0.6 is 11.6 Å². The number of halogens is 1. The zero-order valence-electron chi connectivity index (χ0n) is 19.8. The first-order valence-corrected chi connectivity index (χ1v) is 12.0. The van der Waals surface area contributed by atoms with Gasteiger partial charge in [-0.15, -0.1) is 5.10 Å². The molecule has 37 heavy (non-hydrogen) atoms. The molecule has 186 valence electrons. The van der Waals surface area contributed by atoms with E-state index in [1.165, 1.54) is 10.6 Å². The Labute approximate surface area is 216 Å². The number of aryl methyl sites for hydroxylation is 1. The number of carboxylic acid groups (broad SMARTS) is 1. The summed E-state index contributed by atoms with van der Waals surface area (Å²) in [7, 11) is 0. The van der Waals surface area contributed by atoms with Crippen LogP contribution in [0.1, 0.15) is 35.0 Å². The number of aromatic carboxylic acids is 1. The van der Waals surface area contributed by atoms with E-state index in [4.69, 9.17) is 11.6 Å². The van der Waals surface area contributed by atoms with Gasteiger partial charge in [0.1, 0.15) is 0 Å². The summed E-state index contributed by atoms with van der Waals surface area (Å²) in [4.78, 5) is 29.5. The van der Waals surface area contributed by atoms with Crippen LogP contribution in [0.5, 0.6) is 0 Å². The molecule has 0 spiro atoms. The van der Waals surface area contributed by atoms with Crippen LogP contribution in [0.25, 0.3) is 28.2 Å². The summed E-state index contributed by atoms with van der Waals surface area (Å²) in [6, 6.07) is 14.3. The Hall–Kier alpha value is -4.57. The van der Waals surface area contributed by atoms with Gasteiger partial charge < -0.3 is 5.11 Å². The van der Waals surface area contributed by atoms with Crippen LogP contribution in [0.4, 0.5) is 0 Å². The molecule has 5 aromatic rings. The Kier molecular flexibility index (Phi) is 6.65. The summed E-state index contributed by atoms with van der Waals surface area (Å²) in [6.45, 7) is 2.35. The molecule has 0 saturated heterocycles. The molecule has 0 fully saturated rings. The van der Waals surface area contributed by atoms with E-state index >= 15 is 0 Å². The van der Waals surface area contributed by atoms with E-state index in [9.17, 15) is 14.7 Å². The average molecular weight is 516 g/mol. The van der Waals surface area contributed by atoms with Gasteiger partial charge in [-0.25, -0.2) is 14.7 Å². The smallest absolute Gasteiger partial charge is 0.337 e. The highest BCUT2D eigenvalue weighted by Crippen LogP contribution is 2.29. The van der Waals surface area contributed by atoms with Gasteiger partial charge >= 0.3 is 11.7 Å². The molecule has 0 radical (unpaired) electrons. The molecule has 0 aliphatic rings. The Morgan fingerprint density at radius 3 is 2.62 bits per heavy atom. The quantitative estimate of drug-likeness (QED) is 0.316. The standard InChI is InChI=1S/C26H22ClN7O3/c1-2-4-18-15-34(23-20(25(35)36)5-3-6-22(23)27)26(37)33(18)14-16-7-9-17(10-8-16)19-11-12-28-13-21(19)24-29-31-32-30-24/h3,5-13,15H,2,4,14H2,1H3,(H,35,36)(H,29,30,31,32). The number of benzene rings is 2. The molecule has 0 saturated carbocycles. The zero-order valence-corrected chi connectivity index (χ0v) is 20.6. The Morgan fingerprint density at radius 1 is 1.11 bits per heavy atom. The highest BCUT2D eigenvalue weighted by molar-refractivity contribution is 6.33. The maximum Gasteiger partial charge on any atom is 0.337 e. The van der Waals surface area contributed by atoms with Gasteiger partial charge in [-0.3, -0.25) is 14.1 Å². The molecule has 0 aliphatic heterocycles. The van der Waals surface area contributed by atoms with Gasteiger partial charge in [-0.1, -0.05) is 55.3 Å². The Balaban J connectivity index is 1.51. The second-order valence-electron chi connectivity index (χ2n) is 8.42. The molecule has 3 aromatic heterocycles. The average Bonchev–Trinajstić information content (AvgIpc) is 3.54. The van der Waals surface area contributed by atoms with E-state index < -0.39 is 5.97 Å². The van der Waals surface area contributed by atoms with Crippen molar-refractivity contribution in [1.29, 1.82) is 0 Å². The van der Waals surface area contributed by atoms with Crippen LogP contribution in [-0.2, 0) is 13.0 Å². The van der Waals surface area contributed by atoms with Crippen LogP contribution in [0, 0.1) is 0 Å². The predicted octanol–water partition coefficient (Wildman–Crippen LogP) is 4.23. The molecule has 0 aliphatic carbocycles. The number of aromatic amines is 1. The van der Waals surface area contributed by atoms with Gasteiger partial charge in [0.15, 0.2) is 5.82 Å². The van der Waals surface area contributed by atoms with E-state index in [-0.39, 0.29) is 22.0 Å². The predicted molar refractivity (Wildman–Crippen MR) is 138 cm³/mol. The fourth-order valence-corrected chi connectivity index (χ4v) is 4.59. The lowest BCUT2D eigenvalue weighted by molar-refractivity contribution is 0.0697. The van der Waals surface area contributed by atoms with Gasteiger partial charge in [0.25, 0.3) is 0 Å². The first-order chi connectivity index (χ1) is 18.0. The molecule has 2 aromatic carbocycles. The molecule has 10 nitrogen and oxygen atoms in total. The second-order valence-corrected chi connectivity index (χ2v) is 8.83. The first-order valence-electron chi connectivity index (χ1n) is 11.6. The summed E-state index contributed by atoms with van der Waals surface area (Å²) in [6.07, 6.45) is 6.56. The normalized spacial score (nSPS) is 11.1. The molecule has 0 unspecified atom stereocenters. The molecular formula is C26H22ClN7O3. The first kappa shape index (κ1) is 24.1. The lowest BCUT2D eigenvalue weighted by atomic mass is 10.00. The molecule has 3 heterocycles. The fourth-order valence-electron chi connectivity index (χ4n) is 4.33. The number of nitrogens with one attached hydrogen (secondary N) is 1. The SMILES string of the molecule is CCCc1cn(-c2c(Cl)cccc2C(=O)O)c(=O)n1Cc1ccc(-c2ccncc2-c2nnn[nH]2)cc1. The third kappa shape index (κ3) is 4.66. The number of aromatic nitrogens is 7. The van der Waals surface area contributed by atoms with Crippen molar-refractivity contribution < 1.29 is 9.90 Å². The van der Waals surface area contributed by atoms with Crippen molar-refractivity contribution in [3.05, 3.63) is 99.4 Å². The number of pyridine rings is 1. The number of carboxylic acids is 1. The summed E-state index contributed by atoms with van der Waals surface area (Å²) < 4.78 is 2.99. The van der Waals surface area contributed by atoms with Crippen LogP contribution in [-0.4, -0.2) is 45.8 Å². The van der Waals surface area contributed by atoms with E-state index in [2.05, 4.69) is 25.6 Å².